The summed E-state index contributed by atoms with van der Waals surface area (Å²) in [5, 5.41) is 2.37. The van der Waals surface area contributed by atoms with Crippen LogP contribution in [0.2, 0.25) is 0 Å². The minimum Gasteiger partial charge on any atom is -0.492 e. The lowest BCUT2D eigenvalue weighted by molar-refractivity contribution is 0.102. The predicted octanol–water partition coefficient (Wildman–Crippen LogP) is 3.75. The van der Waals surface area contributed by atoms with Crippen molar-refractivity contribution >= 4 is 11.6 Å². The van der Waals surface area contributed by atoms with Gasteiger partial charge in [-0.1, -0.05) is 6.07 Å². The summed E-state index contributed by atoms with van der Waals surface area (Å²) >= 11 is 0. The largest absolute Gasteiger partial charge is 0.492 e. The van der Waals surface area contributed by atoms with E-state index >= 15 is 0 Å². The summed E-state index contributed by atoms with van der Waals surface area (Å²) in [6.07, 6.45) is 0. The number of carbonyl (C=O) groups excluding carboxylic acids is 1. The summed E-state index contributed by atoms with van der Waals surface area (Å²) in [4.78, 5) is 12.0. The van der Waals surface area contributed by atoms with Gasteiger partial charge in [-0.25, -0.2) is 13.2 Å². The van der Waals surface area contributed by atoms with E-state index in [9.17, 15) is 18.0 Å². The van der Waals surface area contributed by atoms with Crippen molar-refractivity contribution in [3.63, 3.8) is 0 Å². The summed E-state index contributed by atoms with van der Waals surface area (Å²) in [6, 6.07) is 6.80. The van der Waals surface area contributed by atoms with Crippen LogP contribution in [0.5, 0.6) is 5.75 Å². The second-order valence-electron chi connectivity index (χ2n) is 4.13. The van der Waals surface area contributed by atoms with Gasteiger partial charge < -0.3 is 10.1 Å². The zero-order chi connectivity index (χ0) is 15.4. The second-order valence-corrected chi connectivity index (χ2v) is 4.13. The molecule has 110 valence electrons. The first-order valence-electron chi connectivity index (χ1n) is 6.20. The summed E-state index contributed by atoms with van der Waals surface area (Å²) in [5.41, 5.74) is -0.270. The van der Waals surface area contributed by atoms with E-state index in [-0.39, 0.29) is 18.0 Å². The Morgan fingerprint density at radius 3 is 2.67 bits per heavy atom. The average Bonchev–Trinajstić information content (AvgIpc) is 2.45. The molecule has 0 aliphatic carbocycles. The van der Waals surface area contributed by atoms with Gasteiger partial charge in [0.05, 0.1) is 17.9 Å². The number of hydrogen-bond donors (Lipinski definition) is 1. The number of anilines is 1. The minimum atomic E-state index is -1.24. The zero-order valence-electron chi connectivity index (χ0n) is 11.1. The molecule has 3 nitrogen and oxygen atoms in total. The molecule has 0 saturated carbocycles. The quantitative estimate of drug-likeness (QED) is 0.932. The highest BCUT2D eigenvalue weighted by Gasteiger charge is 2.17. The second kappa shape index (κ2) is 6.30. The number of ether oxygens (including phenoxy) is 1. The van der Waals surface area contributed by atoms with Crippen molar-refractivity contribution in [2.45, 2.75) is 6.92 Å². The molecule has 1 N–H and O–H groups in total. The fourth-order valence-corrected chi connectivity index (χ4v) is 1.74. The fraction of sp³-hybridized carbons (Fsp3) is 0.133. The first kappa shape index (κ1) is 14.9. The van der Waals surface area contributed by atoms with E-state index in [0.717, 1.165) is 24.3 Å². The minimum absolute atomic E-state index is 0.114. The molecule has 0 spiro atoms. The summed E-state index contributed by atoms with van der Waals surface area (Å²) < 4.78 is 45.0. The van der Waals surface area contributed by atoms with Crippen LogP contribution in [0.4, 0.5) is 18.9 Å². The number of benzene rings is 2. The van der Waals surface area contributed by atoms with E-state index in [2.05, 4.69) is 5.32 Å². The van der Waals surface area contributed by atoms with Gasteiger partial charge in [0.25, 0.3) is 5.91 Å². The van der Waals surface area contributed by atoms with Crippen molar-refractivity contribution in [3.8, 4) is 5.75 Å². The molecule has 0 bridgehead atoms. The Bertz CT molecular complexity index is 674. The van der Waals surface area contributed by atoms with Crippen LogP contribution < -0.4 is 10.1 Å². The van der Waals surface area contributed by atoms with E-state index in [1.165, 1.54) is 12.1 Å². The smallest absolute Gasteiger partial charge is 0.258 e. The van der Waals surface area contributed by atoms with Crippen LogP contribution in [-0.4, -0.2) is 12.5 Å². The predicted molar refractivity (Wildman–Crippen MR) is 71.9 cm³/mol. The molecule has 0 radical (unpaired) electrons. The third kappa shape index (κ3) is 3.34. The van der Waals surface area contributed by atoms with Crippen molar-refractivity contribution in [2.24, 2.45) is 0 Å². The molecule has 0 unspecified atom stereocenters. The molecule has 0 aliphatic rings. The zero-order valence-corrected chi connectivity index (χ0v) is 11.1. The highest BCUT2D eigenvalue weighted by molar-refractivity contribution is 6.05. The van der Waals surface area contributed by atoms with Crippen molar-refractivity contribution in [1.82, 2.24) is 0 Å². The van der Waals surface area contributed by atoms with Gasteiger partial charge in [-0.05, 0) is 31.2 Å². The SMILES string of the molecule is CCOc1cc(F)ccc1NC(=O)c1cccc(F)c1F. The molecule has 0 aliphatic heterocycles. The Morgan fingerprint density at radius 2 is 1.95 bits per heavy atom. The summed E-state index contributed by atoms with van der Waals surface area (Å²) in [6.45, 7) is 1.96. The van der Waals surface area contributed by atoms with Gasteiger partial charge in [0.15, 0.2) is 11.6 Å². The molecular formula is C15H12F3NO2. The molecular weight excluding hydrogens is 283 g/mol. The first-order chi connectivity index (χ1) is 10.0. The Labute approximate surface area is 119 Å². The number of rotatable bonds is 4. The van der Waals surface area contributed by atoms with Crippen molar-refractivity contribution < 1.29 is 22.7 Å². The third-order valence-electron chi connectivity index (χ3n) is 2.69. The molecule has 21 heavy (non-hydrogen) atoms. The van der Waals surface area contributed by atoms with Gasteiger partial charge >= 0.3 is 0 Å². The molecule has 2 rings (SSSR count). The molecule has 2 aromatic carbocycles. The number of halogens is 3. The van der Waals surface area contributed by atoms with Crippen LogP contribution in [0.25, 0.3) is 0 Å². The van der Waals surface area contributed by atoms with E-state index in [4.69, 9.17) is 4.74 Å². The van der Waals surface area contributed by atoms with Crippen LogP contribution in [0.1, 0.15) is 17.3 Å². The van der Waals surface area contributed by atoms with E-state index in [1.807, 2.05) is 0 Å². The topological polar surface area (TPSA) is 38.3 Å². The maximum atomic E-state index is 13.5. The molecule has 2 aromatic rings. The van der Waals surface area contributed by atoms with E-state index in [0.29, 0.717) is 0 Å². The van der Waals surface area contributed by atoms with E-state index in [1.54, 1.807) is 6.92 Å². The van der Waals surface area contributed by atoms with Gasteiger partial charge in [0, 0.05) is 6.07 Å². The molecule has 6 heteroatoms. The lowest BCUT2D eigenvalue weighted by Gasteiger charge is -2.12. The maximum absolute atomic E-state index is 13.5. The molecule has 0 fully saturated rings. The number of amides is 1. The number of hydrogen-bond acceptors (Lipinski definition) is 2. The Kier molecular flexibility index (Phi) is 4.47. The lowest BCUT2D eigenvalue weighted by atomic mass is 10.2. The summed E-state index contributed by atoms with van der Waals surface area (Å²) in [5.74, 6) is -3.63. The molecule has 0 saturated heterocycles. The molecule has 1 amide bonds. The lowest BCUT2D eigenvalue weighted by Crippen LogP contribution is -2.15. The standard InChI is InChI=1S/C15H12F3NO2/c1-2-21-13-8-9(16)6-7-12(13)19-15(20)10-4-3-5-11(17)14(10)18/h3-8H,2H2,1H3,(H,19,20). The van der Waals surface area contributed by atoms with Crippen molar-refractivity contribution in [1.29, 1.82) is 0 Å². The van der Waals surface area contributed by atoms with Crippen molar-refractivity contribution in [2.75, 3.05) is 11.9 Å². The van der Waals surface area contributed by atoms with Gasteiger partial charge in [-0.2, -0.15) is 0 Å². The molecule has 0 heterocycles. The monoisotopic (exact) mass is 295 g/mol. The molecule has 0 aromatic heterocycles. The Balaban J connectivity index is 2.29. The van der Waals surface area contributed by atoms with Gasteiger partial charge in [0.2, 0.25) is 0 Å². The highest BCUT2D eigenvalue weighted by atomic mass is 19.2. The van der Waals surface area contributed by atoms with Gasteiger partial charge in [0.1, 0.15) is 11.6 Å². The highest BCUT2D eigenvalue weighted by Crippen LogP contribution is 2.26. The normalized spacial score (nSPS) is 10.3. The van der Waals surface area contributed by atoms with Crippen LogP contribution >= 0.6 is 0 Å². The first-order valence-corrected chi connectivity index (χ1v) is 6.20. The number of nitrogens with one attached hydrogen (secondary N) is 1. The van der Waals surface area contributed by atoms with Gasteiger partial charge in [-0.3, -0.25) is 4.79 Å². The third-order valence-corrected chi connectivity index (χ3v) is 2.69. The van der Waals surface area contributed by atoms with Gasteiger partial charge in [-0.15, -0.1) is 0 Å². The maximum Gasteiger partial charge on any atom is 0.258 e. The Hall–Kier alpha value is -2.50. The Morgan fingerprint density at radius 1 is 1.19 bits per heavy atom. The number of carbonyl (C=O) groups is 1. The van der Waals surface area contributed by atoms with Crippen LogP contribution in [-0.2, 0) is 0 Å². The van der Waals surface area contributed by atoms with Crippen LogP contribution in [0.15, 0.2) is 36.4 Å². The van der Waals surface area contributed by atoms with Crippen molar-refractivity contribution in [3.05, 3.63) is 59.4 Å². The van der Waals surface area contributed by atoms with Crippen LogP contribution in [0.3, 0.4) is 0 Å². The molecule has 0 atom stereocenters. The fourth-order valence-electron chi connectivity index (χ4n) is 1.74. The van der Waals surface area contributed by atoms with E-state index < -0.39 is 28.9 Å². The summed E-state index contributed by atoms with van der Waals surface area (Å²) in [7, 11) is 0. The van der Waals surface area contributed by atoms with Crippen LogP contribution in [0, 0.1) is 17.5 Å². The average molecular weight is 295 g/mol.